The average molecular weight is 911 g/mol. The molecule has 0 saturated carbocycles. The van der Waals surface area contributed by atoms with Crippen LogP contribution in [0.4, 0.5) is 0 Å². The van der Waals surface area contributed by atoms with Gasteiger partial charge >= 0.3 is 17.9 Å². The second kappa shape index (κ2) is 54.0. The summed E-state index contributed by atoms with van der Waals surface area (Å²) >= 11 is 0. The van der Waals surface area contributed by atoms with Crippen molar-refractivity contribution in [1.29, 1.82) is 0 Å². The number of rotatable bonds is 51. The maximum absolute atomic E-state index is 12.8. The fourth-order valence-electron chi connectivity index (χ4n) is 8.03. The van der Waals surface area contributed by atoms with Crippen LogP contribution in [0.2, 0.25) is 0 Å². The second-order valence-corrected chi connectivity index (χ2v) is 18.8. The van der Waals surface area contributed by atoms with Crippen LogP contribution in [-0.2, 0) is 28.6 Å². The molecule has 0 heterocycles. The van der Waals surface area contributed by atoms with Crippen LogP contribution in [-0.4, -0.2) is 37.2 Å². The summed E-state index contributed by atoms with van der Waals surface area (Å²) in [6.45, 7) is 6.61. The molecule has 0 radical (unpaired) electrons. The van der Waals surface area contributed by atoms with Gasteiger partial charge in [0, 0.05) is 19.3 Å². The number of hydrogen-bond donors (Lipinski definition) is 0. The number of unbranched alkanes of at least 4 members (excludes halogenated alkanes) is 32. The van der Waals surface area contributed by atoms with E-state index in [4.69, 9.17) is 14.2 Å². The number of esters is 3. The van der Waals surface area contributed by atoms with Crippen molar-refractivity contribution in [2.24, 2.45) is 0 Å². The zero-order chi connectivity index (χ0) is 47.2. The molecule has 6 heteroatoms. The van der Waals surface area contributed by atoms with E-state index in [1.54, 1.807) is 0 Å². The molecule has 0 aromatic heterocycles. The van der Waals surface area contributed by atoms with Crippen LogP contribution in [0, 0.1) is 0 Å². The molecule has 65 heavy (non-hydrogen) atoms. The Balaban J connectivity index is 4.38. The summed E-state index contributed by atoms with van der Waals surface area (Å²) in [5.74, 6) is -0.887. The van der Waals surface area contributed by atoms with Crippen LogP contribution in [0.25, 0.3) is 0 Å². The van der Waals surface area contributed by atoms with E-state index in [0.29, 0.717) is 19.3 Å². The monoisotopic (exact) mass is 911 g/mol. The van der Waals surface area contributed by atoms with Gasteiger partial charge in [0.05, 0.1) is 0 Å². The van der Waals surface area contributed by atoms with E-state index >= 15 is 0 Å². The topological polar surface area (TPSA) is 78.9 Å². The first-order chi connectivity index (χ1) is 32.0. The van der Waals surface area contributed by atoms with Gasteiger partial charge < -0.3 is 14.2 Å². The summed E-state index contributed by atoms with van der Waals surface area (Å²) < 4.78 is 16.8. The molecule has 0 amide bonds. The third kappa shape index (κ3) is 52.2. The number of carbonyl (C=O) groups excluding carboxylic acids is 3. The van der Waals surface area contributed by atoms with Gasteiger partial charge in [-0.2, -0.15) is 0 Å². The molecule has 0 spiro atoms. The first kappa shape index (κ1) is 62.4. The molecule has 0 aliphatic carbocycles. The van der Waals surface area contributed by atoms with E-state index in [0.717, 1.165) is 89.9 Å². The van der Waals surface area contributed by atoms with Crippen LogP contribution >= 0.6 is 0 Å². The highest BCUT2D eigenvalue weighted by atomic mass is 16.6. The zero-order valence-electron chi connectivity index (χ0n) is 43.3. The van der Waals surface area contributed by atoms with E-state index in [1.807, 2.05) is 0 Å². The Morgan fingerprint density at radius 3 is 0.908 bits per heavy atom. The lowest BCUT2D eigenvalue weighted by Crippen LogP contribution is -2.30. The van der Waals surface area contributed by atoms with Crippen LogP contribution in [0.3, 0.4) is 0 Å². The summed E-state index contributed by atoms with van der Waals surface area (Å²) in [6.07, 6.45) is 65.2. The van der Waals surface area contributed by atoms with Gasteiger partial charge in [-0.15, -0.1) is 0 Å². The average Bonchev–Trinajstić information content (AvgIpc) is 3.30. The lowest BCUT2D eigenvalue weighted by Gasteiger charge is -2.18. The summed E-state index contributed by atoms with van der Waals surface area (Å²) in [6, 6.07) is 0. The Morgan fingerprint density at radius 2 is 0.554 bits per heavy atom. The SMILES string of the molecule is CCCCC/C=C\C/C=C\C/C=C\CCCCCCCCC(=O)OCC(COC(=O)CCCCCCCCCCCCCCC)OC(=O)CCCCCCC/C=C\CCCCCCCC. The van der Waals surface area contributed by atoms with Gasteiger partial charge in [0.25, 0.3) is 0 Å². The van der Waals surface area contributed by atoms with Crippen molar-refractivity contribution in [3.05, 3.63) is 48.6 Å². The molecule has 0 rings (SSSR count). The van der Waals surface area contributed by atoms with Crippen molar-refractivity contribution in [2.75, 3.05) is 13.2 Å². The summed E-state index contributed by atoms with van der Waals surface area (Å²) in [4.78, 5) is 38.1. The molecule has 0 N–H and O–H groups in total. The Morgan fingerprint density at radius 1 is 0.308 bits per heavy atom. The fraction of sp³-hybridized carbons (Fsp3) is 0.814. The quantitative estimate of drug-likeness (QED) is 0.0262. The van der Waals surface area contributed by atoms with Crippen LogP contribution < -0.4 is 0 Å². The molecule has 0 bridgehead atoms. The van der Waals surface area contributed by atoms with Crippen molar-refractivity contribution >= 4 is 17.9 Å². The van der Waals surface area contributed by atoms with Gasteiger partial charge in [0.2, 0.25) is 0 Å². The number of ether oxygens (including phenoxy) is 3. The maximum Gasteiger partial charge on any atom is 0.306 e. The number of hydrogen-bond acceptors (Lipinski definition) is 6. The predicted molar refractivity (Wildman–Crippen MR) is 279 cm³/mol. The summed E-state index contributed by atoms with van der Waals surface area (Å²) in [5, 5.41) is 0. The largest absolute Gasteiger partial charge is 0.462 e. The van der Waals surface area contributed by atoms with E-state index in [9.17, 15) is 14.4 Å². The van der Waals surface area contributed by atoms with E-state index < -0.39 is 6.10 Å². The molecule has 378 valence electrons. The number of carbonyl (C=O) groups is 3. The van der Waals surface area contributed by atoms with Crippen LogP contribution in [0.5, 0.6) is 0 Å². The second-order valence-electron chi connectivity index (χ2n) is 18.8. The third-order valence-corrected chi connectivity index (χ3v) is 12.3. The summed E-state index contributed by atoms with van der Waals surface area (Å²) in [5.41, 5.74) is 0. The van der Waals surface area contributed by atoms with Crippen LogP contribution in [0.1, 0.15) is 290 Å². The Bertz CT molecular complexity index is 1140. The molecule has 0 saturated heterocycles. The van der Waals surface area contributed by atoms with Gasteiger partial charge in [0.1, 0.15) is 13.2 Å². The van der Waals surface area contributed by atoms with Crippen molar-refractivity contribution in [3.63, 3.8) is 0 Å². The maximum atomic E-state index is 12.8. The first-order valence-electron chi connectivity index (χ1n) is 28.1. The molecule has 1 atom stereocenters. The molecular weight excluding hydrogens is 805 g/mol. The van der Waals surface area contributed by atoms with Crippen LogP contribution in [0.15, 0.2) is 48.6 Å². The fourth-order valence-corrected chi connectivity index (χ4v) is 8.03. The Labute approximate surface area is 403 Å². The van der Waals surface area contributed by atoms with E-state index in [-0.39, 0.29) is 31.1 Å². The van der Waals surface area contributed by atoms with Crippen molar-refractivity contribution in [3.8, 4) is 0 Å². The summed E-state index contributed by atoms with van der Waals surface area (Å²) in [7, 11) is 0. The highest BCUT2D eigenvalue weighted by Crippen LogP contribution is 2.15. The normalized spacial score (nSPS) is 12.4. The lowest BCUT2D eigenvalue weighted by atomic mass is 10.0. The minimum atomic E-state index is -0.780. The lowest BCUT2D eigenvalue weighted by molar-refractivity contribution is -0.167. The first-order valence-corrected chi connectivity index (χ1v) is 28.1. The molecule has 6 nitrogen and oxygen atoms in total. The molecule has 0 aromatic rings. The van der Waals surface area contributed by atoms with Gasteiger partial charge in [-0.1, -0.05) is 236 Å². The highest BCUT2D eigenvalue weighted by molar-refractivity contribution is 5.71. The standard InChI is InChI=1S/C59H106O6/c1-4-7-10-13-16-19-22-25-27-28-29-30-32-34-37-40-43-46-49-52-58(61)64-55-56(54-63-57(60)51-48-45-42-39-36-33-24-21-18-15-12-9-6-3)65-59(62)53-50-47-44-41-38-35-31-26-23-20-17-14-11-8-5-2/h16,19,25-27,29-31,56H,4-15,17-18,20-24,28,32-55H2,1-3H3/b19-16-,27-25-,30-29-,31-26-. The van der Waals surface area contributed by atoms with Gasteiger partial charge in [-0.25, -0.2) is 0 Å². The third-order valence-electron chi connectivity index (χ3n) is 12.3. The molecule has 1 unspecified atom stereocenters. The smallest absolute Gasteiger partial charge is 0.306 e. The van der Waals surface area contributed by atoms with Crippen molar-refractivity contribution in [1.82, 2.24) is 0 Å². The Kier molecular flexibility index (Phi) is 51.8. The van der Waals surface area contributed by atoms with E-state index in [1.165, 1.54) is 161 Å². The molecule has 0 fully saturated rings. The molecule has 0 aromatic carbocycles. The van der Waals surface area contributed by atoms with Crippen molar-refractivity contribution in [2.45, 2.75) is 297 Å². The molecule has 0 aliphatic heterocycles. The van der Waals surface area contributed by atoms with Gasteiger partial charge in [-0.3, -0.25) is 14.4 Å². The van der Waals surface area contributed by atoms with Gasteiger partial charge in [0.15, 0.2) is 6.10 Å². The predicted octanol–water partition coefficient (Wildman–Crippen LogP) is 18.7. The van der Waals surface area contributed by atoms with E-state index in [2.05, 4.69) is 69.4 Å². The molecular formula is C59H106O6. The number of allylic oxidation sites excluding steroid dienone is 8. The zero-order valence-corrected chi connectivity index (χ0v) is 43.3. The minimum absolute atomic E-state index is 0.0780. The van der Waals surface area contributed by atoms with Gasteiger partial charge in [-0.05, 0) is 83.5 Å². The molecule has 0 aliphatic rings. The Hall–Kier alpha value is -2.63. The van der Waals surface area contributed by atoms with Crippen molar-refractivity contribution < 1.29 is 28.6 Å². The minimum Gasteiger partial charge on any atom is -0.462 e. The highest BCUT2D eigenvalue weighted by Gasteiger charge is 2.19.